The van der Waals surface area contributed by atoms with Crippen LogP contribution in [0.4, 0.5) is 39.5 Å². The molecule has 4 aliphatic heterocycles. The second-order valence-corrected chi connectivity index (χ2v) is 39.9. The summed E-state index contributed by atoms with van der Waals surface area (Å²) < 4.78 is 164. The maximum Gasteiger partial charge on any atom is 0.420 e. The number of phenols is 1. The number of fused-ring (bicyclic) bond motifs is 9. The molecular formula is C112H127F9N2O17. The van der Waals surface area contributed by atoms with Crippen molar-refractivity contribution < 1.29 is 122 Å². The van der Waals surface area contributed by atoms with E-state index in [9.17, 15) is 83.3 Å². The monoisotopic (exact) mass is 1940 g/mol. The number of phenolic OH excluding ortho intramolecular Hbond substituents is 1. The van der Waals surface area contributed by atoms with Crippen LogP contribution in [0.5, 0.6) is 28.7 Å². The Morgan fingerprint density at radius 3 is 0.950 bits per heavy atom. The van der Waals surface area contributed by atoms with Crippen LogP contribution in [0, 0.1) is 35.5 Å². The number of aliphatic carboxylic acids is 2. The van der Waals surface area contributed by atoms with Crippen LogP contribution in [0.3, 0.4) is 0 Å². The minimum atomic E-state index is -4.57. The summed E-state index contributed by atoms with van der Waals surface area (Å²) in [6.07, 6.45) is 9.13. The SMILES string of the molecule is CC1CCC(Oc2ccc3cc(CC(=O)N4C5CCCC4CC(C(=O)O)C5)ccc3c2C(F)(F)F)CC1.CC1CCC(Oc2ccc3cc(CC(=O)O)ccc3c2C(F)(F)F)CC1.COC(=O)C1CC2CCCC(C1)N2C(=O)Cc1ccc2c(C(F)(F)F)c(OC3CCC(C)CC3)ccc2c1.COC(=O)Cc1ccc2cc(O)ccc2c1.COC(=O)Cc1ccc2cc(OC3CCC(C)CC3)ccc2c1. The van der Waals surface area contributed by atoms with Crippen molar-refractivity contribution in [2.45, 2.75) is 294 Å². The molecule has 3 N–H and O–H groups in total. The van der Waals surface area contributed by atoms with E-state index in [-0.39, 0.29) is 143 Å². The second-order valence-electron chi connectivity index (χ2n) is 39.9. The van der Waals surface area contributed by atoms with Gasteiger partial charge in [-0.05, 0) is 315 Å². The van der Waals surface area contributed by atoms with Crippen LogP contribution in [0.25, 0.3) is 53.9 Å². The molecule has 4 atom stereocenters. The van der Waals surface area contributed by atoms with E-state index in [1.165, 1.54) is 82.7 Å². The number of hydrogen-bond acceptors (Lipinski definition) is 15. The highest BCUT2D eigenvalue weighted by Crippen LogP contribution is 2.49. The largest absolute Gasteiger partial charge is 0.508 e. The Bertz CT molecular complexity index is 6020. The number of esters is 3. The Hall–Kier alpha value is -11.8. The highest BCUT2D eigenvalue weighted by atomic mass is 19.4. The van der Waals surface area contributed by atoms with Crippen molar-refractivity contribution in [2.75, 3.05) is 21.3 Å². The molecule has 4 heterocycles. The van der Waals surface area contributed by atoms with E-state index >= 15 is 0 Å². The average Bonchev–Trinajstić information content (AvgIpc) is 0.765. The van der Waals surface area contributed by atoms with Crippen molar-refractivity contribution in [1.29, 1.82) is 0 Å². The molecular weight excluding hydrogens is 1820 g/mol. The van der Waals surface area contributed by atoms with Gasteiger partial charge in [-0.1, -0.05) is 149 Å². The summed E-state index contributed by atoms with van der Waals surface area (Å²) in [5.74, 6) is 0.131. The number of piperidine rings is 4. The first-order valence-electron chi connectivity index (χ1n) is 49.4. The molecule has 10 aromatic carbocycles. The number of aromatic hydroxyl groups is 1. The van der Waals surface area contributed by atoms with E-state index in [1.54, 1.807) is 54.6 Å². The summed E-state index contributed by atoms with van der Waals surface area (Å²) in [5.41, 5.74) is 1.39. The Kier molecular flexibility index (Phi) is 34.4. The molecule has 140 heavy (non-hydrogen) atoms. The molecule has 4 aliphatic carbocycles. The van der Waals surface area contributed by atoms with Crippen LogP contribution in [0.1, 0.15) is 239 Å². The smallest absolute Gasteiger partial charge is 0.420 e. The number of hydrogen-bond donors (Lipinski definition) is 3. The van der Waals surface area contributed by atoms with E-state index in [4.69, 9.17) is 33.5 Å². The molecule has 19 nitrogen and oxygen atoms in total. The lowest BCUT2D eigenvalue weighted by atomic mass is 9.78. The van der Waals surface area contributed by atoms with Crippen LogP contribution < -0.4 is 18.9 Å². The number of carbonyl (C=O) groups excluding carboxylic acids is 5. The Morgan fingerprint density at radius 1 is 0.321 bits per heavy atom. The minimum Gasteiger partial charge on any atom is -0.508 e. The Balaban J connectivity index is 0.000000143. The van der Waals surface area contributed by atoms with E-state index < -0.39 is 53.1 Å². The van der Waals surface area contributed by atoms with Crippen molar-refractivity contribution >= 4 is 95.5 Å². The van der Waals surface area contributed by atoms with Gasteiger partial charge in [-0.15, -0.1) is 0 Å². The van der Waals surface area contributed by atoms with Crippen LogP contribution >= 0.6 is 0 Å². The number of amides is 2. The molecule has 8 fully saturated rings. The third kappa shape index (κ3) is 27.1. The van der Waals surface area contributed by atoms with Gasteiger partial charge < -0.3 is 58.3 Å². The zero-order chi connectivity index (χ0) is 100. The number of carbonyl (C=O) groups is 7. The third-order valence-corrected chi connectivity index (χ3v) is 29.4. The van der Waals surface area contributed by atoms with Gasteiger partial charge in [0.15, 0.2) is 0 Å². The van der Waals surface area contributed by atoms with E-state index in [0.29, 0.717) is 88.8 Å². The molecule has 0 radical (unpaired) electrons. The molecule has 4 saturated carbocycles. The highest BCUT2D eigenvalue weighted by molar-refractivity contribution is 5.94. The molecule has 8 aliphatic rings. The van der Waals surface area contributed by atoms with E-state index in [2.05, 4.69) is 44.6 Å². The van der Waals surface area contributed by atoms with Gasteiger partial charge in [0, 0.05) is 24.2 Å². The number of benzene rings is 10. The maximum atomic E-state index is 14.2. The number of rotatable bonds is 20. The maximum absolute atomic E-state index is 14.2. The third-order valence-electron chi connectivity index (χ3n) is 29.4. The van der Waals surface area contributed by atoms with Crippen LogP contribution in [0.2, 0.25) is 0 Å². The first-order chi connectivity index (χ1) is 66.8. The van der Waals surface area contributed by atoms with Crippen molar-refractivity contribution in [3.05, 3.63) is 208 Å². The first-order valence-corrected chi connectivity index (χ1v) is 49.4. The predicted octanol–water partition coefficient (Wildman–Crippen LogP) is 25.5. The molecule has 0 spiro atoms. The summed E-state index contributed by atoms with van der Waals surface area (Å²) in [4.78, 5) is 87.4. The minimum absolute atomic E-state index is 0.00105. The summed E-state index contributed by atoms with van der Waals surface area (Å²) in [6.45, 7) is 8.77. The summed E-state index contributed by atoms with van der Waals surface area (Å²) in [7, 11) is 4.19. The number of alkyl halides is 9. The van der Waals surface area contributed by atoms with Gasteiger partial charge >= 0.3 is 48.4 Å². The lowest BCUT2D eigenvalue weighted by Crippen LogP contribution is -2.56. The van der Waals surface area contributed by atoms with Crippen LogP contribution in [-0.2, 0) is 98.4 Å². The highest BCUT2D eigenvalue weighted by Gasteiger charge is 2.47. The first kappa shape index (κ1) is 104. The number of ether oxygens (including phenoxy) is 7. The summed E-state index contributed by atoms with van der Waals surface area (Å²) >= 11 is 0. The van der Waals surface area contributed by atoms with Crippen molar-refractivity contribution in [3.8, 4) is 28.7 Å². The molecule has 28 heteroatoms. The fraction of sp³-hybridized carbons (Fsp3) is 0.491. The zero-order valence-corrected chi connectivity index (χ0v) is 80.4. The Labute approximate surface area is 810 Å². The van der Waals surface area contributed by atoms with Crippen LogP contribution in [-0.4, -0.2) is 137 Å². The predicted molar refractivity (Wildman–Crippen MR) is 516 cm³/mol. The molecule has 4 bridgehead atoms. The molecule has 4 saturated heterocycles. The topological polar surface area (TPSA) is 251 Å². The fourth-order valence-electron chi connectivity index (χ4n) is 21.9. The van der Waals surface area contributed by atoms with Gasteiger partial charge in [0.25, 0.3) is 0 Å². The number of methoxy groups -OCH3 is 3. The number of nitrogens with zero attached hydrogens (tertiary/aromatic N) is 2. The average molecular weight is 1940 g/mol. The van der Waals surface area contributed by atoms with Crippen LogP contribution in [0.15, 0.2) is 164 Å². The lowest BCUT2D eigenvalue weighted by Gasteiger charge is -2.48. The standard InChI is InChI=1S/C30H36F3NO4.C29H34F3NO4.C20H21F3O3.C20H24O3.C13H12O3/c1-18-6-10-24(11-7-18)38-26-13-9-20-14-19(8-12-25(20)28(26)30(31,32)33)15-27(35)34-22-4-3-5-23(34)17-21(16-22)29(36)37-2;1-17-5-9-23(10-6-17)37-25-12-8-19-13-18(7-11-24(19)27(25)29(30,31)32)14-26(34)33-21-3-2-4-22(33)16-20(15-21)28(35)36;1-12-2-6-15(7-3-12)26-17-9-5-14-10-13(11-18(24)25)4-8-16(14)19(17)20(21,22)23;1-14-3-8-18(9-4-14)23-19-10-7-16-11-15(12-20(21)22-2)5-6-17(16)13-19;1-16-13(15)7-9-2-3-11-8-12(14)5-4-10(11)6-9/h8-9,12-14,18,21-24H,3-7,10-11,15-17H2,1-2H3;7-8,11-13,17,20-23H,2-6,9-10,14-16H2,1H3,(H,35,36);4-5,8-10,12,15H,2-3,6-7,11H2,1H3,(H,24,25);5-7,10-11,13-14,18H,3-4,8-9,12H2,1-2H3;2-6,8,14H,7H2,1H3. The lowest BCUT2D eigenvalue weighted by molar-refractivity contribution is -0.155. The molecule has 750 valence electrons. The molecule has 4 unspecified atom stereocenters. The quantitative estimate of drug-likeness (QED) is 0.0364. The summed E-state index contributed by atoms with van der Waals surface area (Å²) in [6, 6.07) is 45.7. The number of carboxylic acids is 2. The van der Waals surface area contributed by atoms with E-state index in [0.717, 1.165) is 173 Å². The van der Waals surface area contributed by atoms with Gasteiger partial charge in [0.1, 0.15) is 45.4 Å². The van der Waals surface area contributed by atoms with Gasteiger partial charge in [0.05, 0.1) is 89.7 Å². The second kappa shape index (κ2) is 46.3. The van der Waals surface area contributed by atoms with Gasteiger partial charge in [-0.25, -0.2) is 0 Å². The molecule has 0 aromatic heterocycles. The van der Waals surface area contributed by atoms with Gasteiger partial charge in [0.2, 0.25) is 11.8 Å². The van der Waals surface area contributed by atoms with Crippen molar-refractivity contribution in [1.82, 2.24) is 9.80 Å². The normalized spacial score (nSPS) is 23.5. The fourth-order valence-corrected chi connectivity index (χ4v) is 21.9. The molecule has 18 rings (SSSR count). The van der Waals surface area contributed by atoms with Gasteiger partial charge in [-0.2, -0.15) is 39.5 Å². The molecule has 2 amide bonds. The molecule has 10 aromatic rings. The van der Waals surface area contributed by atoms with E-state index in [1.807, 2.05) is 58.3 Å². The number of carboxylic acid groups (broad SMARTS) is 2. The van der Waals surface area contributed by atoms with Gasteiger partial charge in [-0.3, -0.25) is 33.6 Å². The van der Waals surface area contributed by atoms with Crippen molar-refractivity contribution in [2.24, 2.45) is 35.5 Å². The summed E-state index contributed by atoms with van der Waals surface area (Å²) in [5, 5.41) is 33.3. The number of halogens is 9. The zero-order valence-electron chi connectivity index (χ0n) is 80.4. The van der Waals surface area contributed by atoms with Crippen molar-refractivity contribution in [3.63, 3.8) is 0 Å². The Morgan fingerprint density at radius 2 is 0.614 bits per heavy atom.